The Kier molecular flexibility index (Phi) is 4.35. The smallest absolute Gasteiger partial charge is 0.256 e. The third kappa shape index (κ3) is 3.29. The molecule has 3 aromatic rings. The van der Waals surface area contributed by atoms with E-state index in [1.54, 1.807) is 18.3 Å². The van der Waals surface area contributed by atoms with Crippen LogP contribution in [0.5, 0.6) is 11.5 Å². The number of anilines is 1. The normalized spacial score (nSPS) is 15.7. The molecule has 7 nitrogen and oxygen atoms in total. The number of pyridine rings is 1. The lowest BCUT2D eigenvalue weighted by atomic mass is 10.1. The van der Waals surface area contributed by atoms with E-state index in [1.807, 2.05) is 24.6 Å². The van der Waals surface area contributed by atoms with Gasteiger partial charge in [-0.05, 0) is 32.8 Å². The maximum absolute atomic E-state index is 13.2. The van der Waals surface area contributed by atoms with Crippen LogP contribution in [-0.2, 0) is 0 Å². The van der Waals surface area contributed by atoms with Gasteiger partial charge >= 0.3 is 0 Å². The highest BCUT2D eigenvalue weighted by Crippen LogP contribution is 2.41. The summed E-state index contributed by atoms with van der Waals surface area (Å²) in [5.74, 6) is 1.32. The lowest BCUT2D eigenvalue weighted by Gasteiger charge is -2.20. The number of carbonyl (C=O) groups excluding carboxylic acids is 1. The highest BCUT2D eigenvalue weighted by atomic mass is 35.5. The van der Waals surface area contributed by atoms with E-state index in [4.69, 9.17) is 26.1 Å². The number of fused-ring (bicyclic) bond motifs is 2. The summed E-state index contributed by atoms with van der Waals surface area (Å²) in [6.45, 7) is 5.04. The van der Waals surface area contributed by atoms with Crippen LogP contribution in [0.4, 0.5) is 5.69 Å². The standard InChI is InChI=1S/C21H21ClN4O3/c1-11(2)26-20-14(10-23-26)13(7-16(24-20)12-3-4-12)21(27)25-17-9-19-18(8-15(17)22)28-5-6-29-19/h7-12H,3-6H2,1-2H3,(H,25,27). The second-order valence-electron chi connectivity index (χ2n) is 7.72. The summed E-state index contributed by atoms with van der Waals surface area (Å²) in [7, 11) is 0. The van der Waals surface area contributed by atoms with E-state index in [9.17, 15) is 4.79 Å². The molecule has 2 aromatic heterocycles. The van der Waals surface area contributed by atoms with E-state index in [-0.39, 0.29) is 11.9 Å². The van der Waals surface area contributed by atoms with Crippen LogP contribution < -0.4 is 14.8 Å². The average Bonchev–Trinajstić information content (AvgIpc) is 3.46. The van der Waals surface area contributed by atoms with Gasteiger partial charge in [0.05, 0.1) is 27.9 Å². The van der Waals surface area contributed by atoms with Crippen LogP contribution in [0, 0.1) is 0 Å². The van der Waals surface area contributed by atoms with Crippen molar-refractivity contribution in [1.29, 1.82) is 0 Å². The number of hydrogen-bond acceptors (Lipinski definition) is 5. The lowest BCUT2D eigenvalue weighted by molar-refractivity contribution is 0.102. The van der Waals surface area contributed by atoms with Crippen molar-refractivity contribution in [3.05, 3.63) is 40.7 Å². The third-order valence-electron chi connectivity index (χ3n) is 5.20. The molecule has 1 aromatic carbocycles. The predicted octanol–water partition coefficient (Wildman–Crippen LogP) is 4.57. The number of carbonyl (C=O) groups is 1. The first-order valence-electron chi connectivity index (χ1n) is 9.80. The Morgan fingerprint density at radius 2 is 1.93 bits per heavy atom. The Hall–Kier alpha value is -2.80. The number of nitrogens with zero attached hydrogens (tertiary/aromatic N) is 3. The van der Waals surface area contributed by atoms with Crippen LogP contribution in [0.15, 0.2) is 24.4 Å². The average molecular weight is 413 g/mol. The fourth-order valence-corrected chi connectivity index (χ4v) is 3.74. The number of halogens is 1. The molecule has 2 aliphatic rings. The van der Waals surface area contributed by atoms with Gasteiger partial charge in [0, 0.05) is 29.8 Å². The molecule has 29 heavy (non-hydrogen) atoms. The van der Waals surface area contributed by atoms with Crippen molar-refractivity contribution in [2.75, 3.05) is 18.5 Å². The monoisotopic (exact) mass is 412 g/mol. The molecule has 0 atom stereocenters. The Labute approximate surface area is 173 Å². The fraction of sp³-hybridized carbons (Fsp3) is 0.381. The number of amides is 1. The van der Waals surface area contributed by atoms with E-state index in [2.05, 4.69) is 10.4 Å². The molecule has 1 aliphatic heterocycles. The predicted molar refractivity (Wildman–Crippen MR) is 110 cm³/mol. The Morgan fingerprint density at radius 1 is 1.21 bits per heavy atom. The third-order valence-corrected chi connectivity index (χ3v) is 5.51. The van der Waals surface area contributed by atoms with E-state index < -0.39 is 0 Å². The van der Waals surface area contributed by atoms with E-state index >= 15 is 0 Å². The highest BCUT2D eigenvalue weighted by molar-refractivity contribution is 6.34. The van der Waals surface area contributed by atoms with Gasteiger partial charge < -0.3 is 14.8 Å². The van der Waals surface area contributed by atoms with Crippen molar-refractivity contribution in [1.82, 2.24) is 14.8 Å². The van der Waals surface area contributed by atoms with Crippen molar-refractivity contribution in [2.24, 2.45) is 0 Å². The molecule has 1 N–H and O–H groups in total. The number of ether oxygens (including phenoxy) is 2. The van der Waals surface area contributed by atoms with E-state index in [0.29, 0.717) is 46.9 Å². The largest absolute Gasteiger partial charge is 0.486 e. The van der Waals surface area contributed by atoms with E-state index in [0.717, 1.165) is 29.6 Å². The van der Waals surface area contributed by atoms with Gasteiger partial charge in [0.1, 0.15) is 13.2 Å². The van der Waals surface area contributed by atoms with Gasteiger partial charge in [-0.1, -0.05) is 11.6 Å². The SMILES string of the molecule is CC(C)n1ncc2c(C(=O)Nc3cc4c(cc3Cl)OCCO4)cc(C3CC3)nc21. The number of aromatic nitrogens is 3. The van der Waals surface area contributed by atoms with Crippen molar-refractivity contribution in [3.8, 4) is 11.5 Å². The number of nitrogens with one attached hydrogen (secondary N) is 1. The Morgan fingerprint density at radius 3 is 2.62 bits per heavy atom. The molecular formula is C21H21ClN4O3. The summed E-state index contributed by atoms with van der Waals surface area (Å²) in [6, 6.07) is 5.40. The number of hydrogen-bond donors (Lipinski definition) is 1. The summed E-state index contributed by atoms with van der Waals surface area (Å²) in [6.07, 6.45) is 3.91. The van der Waals surface area contributed by atoms with Gasteiger partial charge in [0.15, 0.2) is 17.1 Å². The molecule has 0 saturated heterocycles. The molecule has 0 bridgehead atoms. The zero-order chi connectivity index (χ0) is 20.1. The van der Waals surface area contributed by atoms with Crippen LogP contribution >= 0.6 is 11.6 Å². The second kappa shape index (κ2) is 6.91. The molecule has 0 unspecified atom stereocenters. The van der Waals surface area contributed by atoms with Gasteiger partial charge in [0.2, 0.25) is 0 Å². The molecule has 150 valence electrons. The minimum Gasteiger partial charge on any atom is -0.486 e. The summed E-state index contributed by atoms with van der Waals surface area (Å²) < 4.78 is 13.0. The first-order chi connectivity index (χ1) is 14.0. The molecule has 1 saturated carbocycles. The number of benzene rings is 1. The minimum atomic E-state index is -0.249. The molecule has 3 heterocycles. The summed E-state index contributed by atoms with van der Waals surface area (Å²) >= 11 is 6.37. The van der Waals surface area contributed by atoms with Crippen LogP contribution in [0.25, 0.3) is 11.0 Å². The summed E-state index contributed by atoms with van der Waals surface area (Å²) in [5.41, 5.74) is 2.71. The first kappa shape index (κ1) is 18.2. The Bertz CT molecular complexity index is 1120. The zero-order valence-electron chi connectivity index (χ0n) is 16.2. The quantitative estimate of drug-likeness (QED) is 0.679. The van der Waals surface area contributed by atoms with Gasteiger partial charge in [0.25, 0.3) is 5.91 Å². The minimum absolute atomic E-state index is 0.151. The maximum Gasteiger partial charge on any atom is 0.256 e. The molecule has 5 rings (SSSR count). The number of rotatable bonds is 4. The summed E-state index contributed by atoms with van der Waals surface area (Å²) in [5, 5.41) is 8.50. The molecule has 8 heteroatoms. The maximum atomic E-state index is 13.2. The molecule has 0 radical (unpaired) electrons. The van der Waals surface area contributed by atoms with Gasteiger partial charge in [-0.3, -0.25) is 4.79 Å². The van der Waals surface area contributed by atoms with Crippen molar-refractivity contribution in [2.45, 2.75) is 38.6 Å². The highest BCUT2D eigenvalue weighted by Gasteiger charge is 2.28. The Balaban J connectivity index is 1.54. The van der Waals surface area contributed by atoms with Crippen LogP contribution in [0.3, 0.4) is 0 Å². The fourth-order valence-electron chi connectivity index (χ4n) is 3.54. The van der Waals surface area contributed by atoms with Gasteiger partial charge in [-0.2, -0.15) is 5.10 Å². The lowest BCUT2D eigenvalue weighted by Crippen LogP contribution is -2.17. The van der Waals surface area contributed by atoms with Crippen molar-refractivity contribution < 1.29 is 14.3 Å². The van der Waals surface area contributed by atoms with E-state index in [1.165, 1.54) is 0 Å². The first-order valence-corrected chi connectivity index (χ1v) is 10.2. The van der Waals surface area contributed by atoms with Crippen LogP contribution in [0.1, 0.15) is 54.7 Å². The molecule has 0 spiro atoms. The van der Waals surface area contributed by atoms with Gasteiger partial charge in [-0.15, -0.1) is 0 Å². The van der Waals surface area contributed by atoms with Gasteiger partial charge in [-0.25, -0.2) is 9.67 Å². The molecule has 1 fully saturated rings. The topological polar surface area (TPSA) is 78.3 Å². The summed E-state index contributed by atoms with van der Waals surface area (Å²) in [4.78, 5) is 18.0. The molecule has 1 aliphatic carbocycles. The molecule has 1 amide bonds. The zero-order valence-corrected chi connectivity index (χ0v) is 17.0. The van der Waals surface area contributed by atoms with Crippen molar-refractivity contribution in [3.63, 3.8) is 0 Å². The van der Waals surface area contributed by atoms with Crippen LogP contribution in [-0.4, -0.2) is 33.9 Å². The second-order valence-corrected chi connectivity index (χ2v) is 8.13. The molecular weight excluding hydrogens is 392 g/mol. The van der Waals surface area contributed by atoms with Crippen molar-refractivity contribution >= 4 is 34.2 Å². The van der Waals surface area contributed by atoms with Crippen LogP contribution in [0.2, 0.25) is 5.02 Å².